The minimum Gasteiger partial charge on any atom is -0.373 e. The van der Waals surface area contributed by atoms with Crippen LogP contribution in [0.25, 0.3) is 0 Å². The maximum absolute atomic E-state index is 3.76. The van der Waals surface area contributed by atoms with E-state index in [1.165, 1.54) is 45.3 Å². The Kier molecular flexibility index (Phi) is 11.0. The number of hydrogen-bond donors (Lipinski definition) is 0. The summed E-state index contributed by atoms with van der Waals surface area (Å²) >= 11 is 0. The Morgan fingerprint density at radius 2 is 2.00 bits per heavy atom. The predicted molar refractivity (Wildman–Crippen MR) is 60.0 cm³/mol. The van der Waals surface area contributed by atoms with E-state index in [2.05, 4.69) is 18.6 Å². The molecule has 1 rings (SSSR count). The first kappa shape index (κ1) is 15.7. The molecule has 1 aliphatic heterocycles. The van der Waals surface area contributed by atoms with Gasteiger partial charge in [0.25, 0.3) is 0 Å². The zero-order valence-corrected chi connectivity index (χ0v) is 13.1. The molecule has 3 heteroatoms. The first-order valence-electron chi connectivity index (χ1n) is 5.70. The largest absolute Gasteiger partial charge is 1.00 e. The van der Waals surface area contributed by atoms with Crippen molar-refractivity contribution >= 4 is 7.28 Å². The maximum Gasteiger partial charge on any atom is 1.00 e. The number of hydrogen-bond acceptors (Lipinski definition) is 1. The average Bonchev–Trinajstić information content (AvgIpc) is 2.17. The molecule has 0 aromatic heterocycles. The fraction of sp³-hybridized carbons (Fsp3) is 0.909. The predicted octanol–water partition coefficient (Wildman–Crippen LogP) is -0.583. The second kappa shape index (κ2) is 9.86. The molecule has 14 heavy (non-hydrogen) atoms. The standard InChI is InChI=1S/C11H22BN.K/c1-3-4-11-5-8-13(9-6-11)10-7-12-2;/h11H,2-10H2,1H3;/q-1;+1. The minimum absolute atomic E-state index is 0. The molecule has 0 aromatic carbocycles. The van der Waals surface area contributed by atoms with Crippen LogP contribution >= 0.6 is 0 Å². The van der Waals surface area contributed by atoms with E-state index in [1.807, 2.05) is 7.28 Å². The second-order valence-corrected chi connectivity index (χ2v) is 4.15. The van der Waals surface area contributed by atoms with Gasteiger partial charge in [0.05, 0.1) is 0 Å². The van der Waals surface area contributed by atoms with Crippen LogP contribution < -0.4 is 51.4 Å². The van der Waals surface area contributed by atoms with Crippen LogP contribution in [0.5, 0.6) is 0 Å². The van der Waals surface area contributed by atoms with Crippen LogP contribution in [-0.4, -0.2) is 31.8 Å². The Hall–Kier alpha value is 1.66. The van der Waals surface area contributed by atoms with Gasteiger partial charge in [-0.15, -0.1) is 6.32 Å². The maximum atomic E-state index is 3.76. The third-order valence-electron chi connectivity index (χ3n) is 3.05. The topological polar surface area (TPSA) is 3.24 Å². The van der Waals surface area contributed by atoms with E-state index in [-0.39, 0.29) is 51.4 Å². The van der Waals surface area contributed by atoms with E-state index in [4.69, 9.17) is 0 Å². The van der Waals surface area contributed by atoms with Crippen LogP contribution in [0.3, 0.4) is 0 Å². The van der Waals surface area contributed by atoms with E-state index in [9.17, 15) is 0 Å². The number of likely N-dealkylation sites (tertiary alicyclic amines) is 1. The van der Waals surface area contributed by atoms with Crippen LogP contribution in [0.15, 0.2) is 0 Å². The fourth-order valence-electron chi connectivity index (χ4n) is 2.18. The summed E-state index contributed by atoms with van der Waals surface area (Å²) < 4.78 is 0. The zero-order chi connectivity index (χ0) is 9.52. The normalized spacial score (nSPS) is 19.0. The van der Waals surface area contributed by atoms with E-state index in [0.717, 1.165) is 12.2 Å². The molecule has 1 aliphatic rings. The fourth-order valence-corrected chi connectivity index (χ4v) is 2.18. The Morgan fingerprint density at radius 3 is 2.50 bits per heavy atom. The second-order valence-electron chi connectivity index (χ2n) is 4.15. The summed E-state index contributed by atoms with van der Waals surface area (Å²) in [5, 5.41) is 0. The zero-order valence-electron chi connectivity index (χ0n) is 9.97. The quantitative estimate of drug-likeness (QED) is 0.441. The molecule has 0 N–H and O–H groups in total. The van der Waals surface area contributed by atoms with Crippen molar-refractivity contribution in [2.45, 2.75) is 38.9 Å². The molecule has 1 fully saturated rings. The summed E-state index contributed by atoms with van der Waals surface area (Å²) in [5.41, 5.74) is 0. The number of rotatable bonds is 5. The van der Waals surface area contributed by atoms with Crippen molar-refractivity contribution in [3.63, 3.8) is 0 Å². The van der Waals surface area contributed by atoms with Crippen molar-refractivity contribution < 1.29 is 51.4 Å². The Bertz CT molecular complexity index is 124. The van der Waals surface area contributed by atoms with Gasteiger partial charge < -0.3 is 11.7 Å². The monoisotopic (exact) mass is 218 g/mol. The van der Waals surface area contributed by atoms with Gasteiger partial charge in [-0.25, -0.2) is 0 Å². The Balaban J connectivity index is 0.00000169. The van der Waals surface area contributed by atoms with Gasteiger partial charge in [-0.1, -0.05) is 27.0 Å². The van der Waals surface area contributed by atoms with E-state index in [0.29, 0.717) is 0 Å². The summed E-state index contributed by atoms with van der Waals surface area (Å²) in [5.74, 6) is 1.02. The third-order valence-corrected chi connectivity index (χ3v) is 3.05. The molecule has 0 aliphatic carbocycles. The molecule has 1 saturated heterocycles. The van der Waals surface area contributed by atoms with Gasteiger partial charge >= 0.3 is 51.4 Å². The summed E-state index contributed by atoms with van der Waals surface area (Å²) in [4.78, 5) is 2.58. The Labute approximate surface area is 133 Å². The molecule has 0 spiro atoms. The SMILES string of the molecule is [CH2-][B]CCN1CCC(CCC)CC1.[K+]. The molecular weight excluding hydrogens is 196 g/mol. The van der Waals surface area contributed by atoms with E-state index >= 15 is 0 Å². The summed E-state index contributed by atoms with van der Waals surface area (Å²) in [6, 6.07) is 0. The van der Waals surface area contributed by atoms with E-state index < -0.39 is 0 Å². The summed E-state index contributed by atoms with van der Waals surface area (Å²) in [6.45, 7) is 9.92. The van der Waals surface area contributed by atoms with Gasteiger partial charge in [0.2, 0.25) is 0 Å². The first-order valence-corrected chi connectivity index (χ1v) is 5.70. The van der Waals surface area contributed by atoms with Crippen LogP contribution in [0, 0.1) is 12.7 Å². The van der Waals surface area contributed by atoms with Crippen molar-refractivity contribution in [2.24, 2.45) is 5.92 Å². The van der Waals surface area contributed by atoms with Gasteiger partial charge in [0.1, 0.15) is 0 Å². The molecule has 0 aromatic rings. The van der Waals surface area contributed by atoms with Crippen molar-refractivity contribution in [3.8, 4) is 0 Å². The van der Waals surface area contributed by atoms with Gasteiger partial charge in [0, 0.05) is 0 Å². The molecule has 1 nitrogen and oxygen atoms in total. The van der Waals surface area contributed by atoms with Gasteiger partial charge in [0.15, 0.2) is 0 Å². The molecule has 0 bridgehead atoms. The molecule has 0 saturated carbocycles. The average molecular weight is 218 g/mol. The summed E-state index contributed by atoms with van der Waals surface area (Å²) in [7, 11) is 2.03. The minimum atomic E-state index is 0. The first-order chi connectivity index (χ1) is 6.36. The van der Waals surface area contributed by atoms with Gasteiger partial charge in [-0.3, -0.25) is 0 Å². The molecule has 0 unspecified atom stereocenters. The van der Waals surface area contributed by atoms with Gasteiger partial charge in [-0.2, -0.15) is 0 Å². The van der Waals surface area contributed by atoms with Crippen molar-refractivity contribution in [1.29, 1.82) is 0 Å². The van der Waals surface area contributed by atoms with Crippen molar-refractivity contribution in [1.82, 2.24) is 4.90 Å². The van der Waals surface area contributed by atoms with Gasteiger partial charge in [-0.05, 0) is 38.4 Å². The molecule has 0 amide bonds. The van der Waals surface area contributed by atoms with Crippen LogP contribution in [-0.2, 0) is 0 Å². The smallest absolute Gasteiger partial charge is 0.373 e. The molecule has 1 heterocycles. The van der Waals surface area contributed by atoms with Crippen LogP contribution in [0.2, 0.25) is 6.32 Å². The van der Waals surface area contributed by atoms with Crippen molar-refractivity contribution in [3.05, 3.63) is 6.82 Å². The summed E-state index contributed by atoms with van der Waals surface area (Å²) in [6.07, 6.45) is 6.79. The number of nitrogens with zero attached hydrogens (tertiary/aromatic N) is 1. The van der Waals surface area contributed by atoms with E-state index in [1.54, 1.807) is 0 Å². The molecule has 1 radical (unpaired) electrons. The molecule has 0 atom stereocenters. The molecular formula is C11H22BKN. The van der Waals surface area contributed by atoms with Crippen molar-refractivity contribution in [2.75, 3.05) is 19.6 Å². The van der Waals surface area contributed by atoms with Crippen LogP contribution in [0.4, 0.5) is 0 Å². The Morgan fingerprint density at radius 1 is 1.36 bits per heavy atom. The molecule has 75 valence electrons. The third kappa shape index (κ3) is 6.29. The van der Waals surface area contributed by atoms with Crippen LogP contribution in [0.1, 0.15) is 32.6 Å². The number of piperidine rings is 1.